The van der Waals surface area contributed by atoms with Gasteiger partial charge in [-0.3, -0.25) is 9.78 Å². The number of carbonyl (C=O) groups is 1. The summed E-state index contributed by atoms with van der Waals surface area (Å²) < 4.78 is 4.94. The molecule has 0 atom stereocenters. The van der Waals surface area contributed by atoms with Crippen LogP contribution in [0.15, 0.2) is 36.5 Å². The van der Waals surface area contributed by atoms with Crippen molar-refractivity contribution in [3.8, 4) is 0 Å². The minimum absolute atomic E-state index is 0.0740. The van der Waals surface area contributed by atoms with Crippen LogP contribution in [-0.2, 0) is 9.53 Å². The number of para-hydroxylation sites is 1. The van der Waals surface area contributed by atoms with Gasteiger partial charge in [0.25, 0.3) is 0 Å². The zero-order valence-electron chi connectivity index (χ0n) is 12.8. The molecule has 1 aromatic heterocycles. The van der Waals surface area contributed by atoms with Gasteiger partial charge in [-0.1, -0.05) is 18.2 Å². The van der Waals surface area contributed by atoms with Crippen molar-refractivity contribution in [2.24, 2.45) is 0 Å². The molecule has 1 amide bonds. The van der Waals surface area contributed by atoms with Crippen LogP contribution in [0.3, 0.4) is 0 Å². The first-order valence-electron chi connectivity index (χ1n) is 7.35. The van der Waals surface area contributed by atoms with Crippen LogP contribution in [0.4, 0.5) is 5.69 Å². The van der Waals surface area contributed by atoms with E-state index in [4.69, 9.17) is 4.74 Å². The molecule has 0 spiro atoms. The van der Waals surface area contributed by atoms with E-state index in [1.807, 2.05) is 30.3 Å². The molecule has 6 nitrogen and oxygen atoms in total. The van der Waals surface area contributed by atoms with Gasteiger partial charge in [0.15, 0.2) is 0 Å². The van der Waals surface area contributed by atoms with E-state index < -0.39 is 0 Å². The minimum atomic E-state index is -0.0740. The highest BCUT2D eigenvalue weighted by Crippen LogP contribution is 2.20. The Hall–Kier alpha value is -2.02. The number of anilines is 1. The fourth-order valence-corrected chi connectivity index (χ4v) is 2.08. The van der Waals surface area contributed by atoms with Gasteiger partial charge in [0, 0.05) is 38.3 Å². The molecule has 22 heavy (non-hydrogen) atoms. The first kappa shape index (κ1) is 16.4. The quantitative estimate of drug-likeness (QED) is 0.603. The Kier molecular flexibility index (Phi) is 6.76. The van der Waals surface area contributed by atoms with Crippen molar-refractivity contribution in [1.82, 2.24) is 15.6 Å². The highest BCUT2D eigenvalue weighted by molar-refractivity contribution is 6.00. The van der Waals surface area contributed by atoms with Gasteiger partial charge in [0.1, 0.15) is 0 Å². The summed E-state index contributed by atoms with van der Waals surface area (Å²) in [7, 11) is 1.67. The van der Waals surface area contributed by atoms with E-state index in [2.05, 4.69) is 20.9 Å². The van der Waals surface area contributed by atoms with E-state index in [0.717, 1.165) is 36.2 Å². The minimum Gasteiger partial charge on any atom is -0.383 e. The third-order valence-electron chi connectivity index (χ3n) is 3.15. The monoisotopic (exact) mass is 302 g/mol. The Labute approximate surface area is 130 Å². The van der Waals surface area contributed by atoms with Crippen LogP contribution in [-0.4, -0.2) is 50.8 Å². The van der Waals surface area contributed by atoms with E-state index in [1.165, 1.54) is 0 Å². The summed E-state index contributed by atoms with van der Waals surface area (Å²) in [6.45, 7) is 3.30. The Balaban J connectivity index is 1.75. The van der Waals surface area contributed by atoms with E-state index in [-0.39, 0.29) is 12.5 Å². The third kappa shape index (κ3) is 5.07. The van der Waals surface area contributed by atoms with Gasteiger partial charge < -0.3 is 20.7 Å². The van der Waals surface area contributed by atoms with Gasteiger partial charge in [-0.25, -0.2) is 0 Å². The van der Waals surface area contributed by atoms with E-state index >= 15 is 0 Å². The Morgan fingerprint density at radius 2 is 1.95 bits per heavy atom. The van der Waals surface area contributed by atoms with Crippen LogP contribution in [0.25, 0.3) is 10.9 Å². The summed E-state index contributed by atoms with van der Waals surface area (Å²) >= 11 is 0. The van der Waals surface area contributed by atoms with Crippen LogP contribution in [0, 0.1) is 0 Å². The first-order chi connectivity index (χ1) is 10.8. The van der Waals surface area contributed by atoms with Crippen LogP contribution in [0.5, 0.6) is 0 Å². The lowest BCUT2D eigenvalue weighted by Crippen LogP contribution is -2.34. The van der Waals surface area contributed by atoms with E-state index in [9.17, 15) is 4.79 Å². The fourth-order valence-electron chi connectivity index (χ4n) is 2.08. The molecule has 1 heterocycles. The largest absolute Gasteiger partial charge is 0.383 e. The average molecular weight is 302 g/mol. The van der Waals surface area contributed by atoms with Crippen molar-refractivity contribution in [1.29, 1.82) is 0 Å². The summed E-state index contributed by atoms with van der Waals surface area (Å²) in [5.74, 6) is -0.0740. The number of nitrogens with one attached hydrogen (secondary N) is 3. The van der Waals surface area contributed by atoms with Gasteiger partial charge in [-0.2, -0.15) is 0 Å². The molecule has 1 aromatic carbocycles. The molecular weight excluding hydrogens is 280 g/mol. The lowest BCUT2D eigenvalue weighted by atomic mass is 10.2. The second-order valence-corrected chi connectivity index (χ2v) is 4.85. The molecule has 2 aromatic rings. The number of carbonyl (C=O) groups excluding carboxylic acids is 1. The van der Waals surface area contributed by atoms with Crippen LogP contribution in [0.1, 0.15) is 0 Å². The van der Waals surface area contributed by atoms with Gasteiger partial charge in [-0.15, -0.1) is 0 Å². The SMILES string of the molecule is COCCNCCNCC(=O)Nc1cccc2cccnc12. The summed E-state index contributed by atoms with van der Waals surface area (Å²) in [6, 6.07) is 9.60. The molecule has 6 heteroatoms. The number of amides is 1. The third-order valence-corrected chi connectivity index (χ3v) is 3.15. The van der Waals surface area contributed by atoms with Crippen LogP contribution in [0.2, 0.25) is 0 Å². The van der Waals surface area contributed by atoms with Crippen molar-refractivity contribution in [2.45, 2.75) is 0 Å². The number of pyridine rings is 1. The molecule has 0 bridgehead atoms. The fraction of sp³-hybridized carbons (Fsp3) is 0.375. The lowest BCUT2D eigenvalue weighted by Gasteiger charge is -2.09. The molecule has 0 aliphatic rings. The standard InChI is InChI=1S/C16H22N4O2/c1-22-11-10-17-8-9-18-12-15(21)20-14-6-2-4-13-5-3-7-19-16(13)14/h2-7,17-18H,8-12H2,1H3,(H,20,21). The molecule has 118 valence electrons. The Morgan fingerprint density at radius 1 is 1.14 bits per heavy atom. The predicted octanol–water partition coefficient (Wildman–Crippen LogP) is 0.999. The highest BCUT2D eigenvalue weighted by atomic mass is 16.5. The molecule has 0 aliphatic carbocycles. The summed E-state index contributed by atoms with van der Waals surface area (Å²) in [4.78, 5) is 16.3. The van der Waals surface area contributed by atoms with Gasteiger partial charge in [-0.05, 0) is 12.1 Å². The zero-order chi connectivity index (χ0) is 15.6. The zero-order valence-corrected chi connectivity index (χ0v) is 12.8. The summed E-state index contributed by atoms with van der Waals surface area (Å²) in [6.07, 6.45) is 1.72. The number of nitrogens with zero attached hydrogens (tertiary/aromatic N) is 1. The second kappa shape index (κ2) is 9.09. The maximum Gasteiger partial charge on any atom is 0.238 e. The number of hydrogen-bond donors (Lipinski definition) is 3. The smallest absolute Gasteiger partial charge is 0.238 e. The molecule has 0 saturated heterocycles. The second-order valence-electron chi connectivity index (χ2n) is 4.85. The molecular formula is C16H22N4O2. The number of aromatic nitrogens is 1. The lowest BCUT2D eigenvalue weighted by molar-refractivity contribution is -0.115. The molecule has 0 saturated carbocycles. The average Bonchev–Trinajstić information content (AvgIpc) is 2.54. The van der Waals surface area contributed by atoms with Crippen molar-refractivity contribution >= 4 is 22.5 Å². The van der Waals surface area contributed by atoms with Gasteiger partial charge in [0.2, 0.25) is 5.91 Å². The highest BCUT2D eigenvalue weighted by Gasteiger charge is 2.05. The van der Waals surface area contributed by atoms with Crippen molar-refractivity contribution in [3.63, 3.8) is 0 Å². The van der Waals surface area contributed by atoms with Crippen LogP contribution >= 0.6 is 0 Å². The van der Waals surface area contributed by atoms with Crippen LogP contribution < -0.4 is 16.0 Å². The number of ether oxygens (including phenoxy) is 1. The Bertz CT molecular complexity index is 598. The summed E-state index contributed by atoms with van der Waals surface area (Å²) in [5, 5.41) is 10.2. The molecule has 0 fully saturated rings. The molecule has 3 N–H and O–H groups in total. The number of fused-ring (bicyclic) bond motifs is 1. The summed E-state index contributed by atoms with van der Waals surface area (Å²) in [5.41, 5.74) is 1.54. The van der Waals surface area contributed by atoms with Crippen molar-refractivity contribution < 1.29 is 9.53 Å². The van der Waals surface area contributed by atoms with Gasteiger partial charge in [0.05, 0.1) is 24.4 Å². The predicted molar refractivity (Wildman–Crippen MR) is 88.0 cm³/mol. The van der Waals surface area contributed by atoms with Gasteiger partial charge >= 0.3 is 0 Å². The van der Waals surface area contributed by atoms with Crippen molar-refractivity contribution in [3.05, 3.63) is 36.5 Å². The van der Waals surface area contributed by atoms with E-state index in [0.29, 0.717) is 6.61 Å². The van der Waals surface area contributed by atoms with Crippen molar-refractivity contribution in [2.75, 3.05) is 45.2 Å². The Morgan fingerprint density at radius 3 is 2.82 bits per heavy atom. The number of rotatable bonds is 9. The normalized spacial score (nSPS) is 10.8. The molecule has 0 radical (unpaired) electrons. The number of benzene rings is 1. The molecule has 2 rings (SSSR count). The first-order valence-corrected chi connectivity index (χ1v) is 7.35. The number of hydrogen-bond acceptors (Lipinski definition) is 5. The maximum absolute atomic E-state index is 11.9. The topological polar surface area (TPSA) is 75.3 Å². The molecule has 0 unspecified atom stereocenters. The number of methoxy groups -OCH3 is 1. The maximum atomic E-state index is 11.9. The van der Waals surface area contributed by atoms with E-state index in [1.54, 1.807) is 13.3 Å². The molecule has 0 aliphatic heterocycles.